The van der Waals surface area contributed by atoms with Crippen molar-refractivity contribution in [1.82, 2.24) is 19.9 Å². The number of nitrogens with zero attached hydrogens (tertiary/aromatic N) is 4. The molecular weight excluding hydrogens is 402 g/mol. The van der Waals surface area contributed by atoms with E-state index in [1.165, 1.54) is 11.9 Å². The largest absolute Gasteiger partial charge is 0.385 e. The van der Waals surface area contributed by atoms with Gasteiger partial charge in [-0.05, 0) is 62.7 Å². The Morgan fingerprint density at radius 1 is 1.09 bits per heavy atom. The molecule has 4 rings (SSSR count). The van der Waals surface area contributed by atoms with E-state index in [1.807, 2.05) is 36.4 Å². The summed E-state index contributed by atoms with van der Waals surface area (Å²) in [6.07, 6.45) is 3.18. The lowest BCUT2D eigenvalue weighted by Gasteiger charge is -2.30. The molecule has 8 nitrogen and oxygen atoms in total. The van der Waals surface area contributed by atoms with E-state index >= 15 is 0 Å². The van der Waals surface area contributed by atoms with E-state index in [-0.39, 0.29) is 11.8 Å². The van der Waals surface area contributed by atoms with E-state index in [4.69, 9.17) is 5.73 Å². The molecule has 1 saturated heterocycles. The first-order valence-corrected chi connectivity index (χ1v) is 11.0. The molecule has 1 aliphatic rings. The SMILES string of the molecule is CCNc1cccc(-c2ncnc(Nc3cccc(CN4CCC(C(N)=O)CC4)c3)n2)c1. The van der Waals surface area contributed by atoms with Crippen LogP contribution < -0.4 is 16.4 Å². The van der Waals surface area contributed by atoms with Gasteiger partial charge >= 0.3 is 0 Å². The fourth-order valence-electron chi connectivity index (χ4n) is 3.98. The number of carbonyl (C=O) groups is 1. The molecule has 3 aromatic rings. The molecule has 166 valence electrons. The summed E-state index contributed by atoms with van der Waals surface area (Å²) in [5, 5.41) is 6.60. The van der Waals surface area contributed by atoms with Gasteiger partial charge in [0.1, 0.15) is 6.33 Å². The minimum atomic E-state index is -0.180. The second-order valence-electron chi connectivity index (χ2n) is 8.02. The van der Waals surface area contributed by atoms with Crippen LogP contribution in [0.25, 0.3) is 11.4 Å². The highest BCUT2D eigenvalue weighted by Gasteiger charge is 2.23. The van der Waals surface area contributed by atoms with E-state index in [9.17, 15) is 4.79 Å². The second-order valence-corrected chi connectivity index (χ2v) is 8.02. The van der Waals surface area contributed by atoms with E-state index in [1.54, 1.807) is 0 Å². The van der Waals surface area contributed by atoms with Crippen molar-refractivity contribution >= 4 is 23.2 Å². The molecule has 1 aliphatic heterocycles. The Bertz CT molecular complexity index is 1060. The van der Waals surface area contributed by atoms with Crippen molar-refractivity contribution in [2.45, 2.75) is 26.3 Å². The van der Waals surface area contributed by atoms with Crippen LogP contribution in [0, 0.1) is 5.92 Å². The number of rotatable bonds is 8. The molecule has 2 aromatic carbocycles. The molecule has 0 bridgehead atoms. The van der Waals surface area contributed by atoms with Gasteiger partial charge in [-0.3, -0.25) is 9.69 Å². The first kappa shape index (κ1) is 21.7. The molecule has 0 saturated carbocycles. The highest BCUT2D eigenvalue weighted by Crippen LogP contribution is 2.23. The molecule has 1 amide bonds. The molecule has 0 aliphatic carbocycles. The lowest BCUT2D eigenvalue weighted by molar-refractivity contribution is -0.123. The van der Waals surface area contributed by atoms with Crippen LogP contribution in [-0.4, -0.2) is 45.4 Å². The van der Waals surface area contributed by atoms with Crippen LogP contribution in [0.3, 0.4) is 0 Å². The Hall–Kier alpha value is -3.52. The molecule has 0 atom stereocenters. The van der Waals surface area contributed by atoms with Crippen molar-refractivity contribution in [3.8, 4) is 11.4 Å². The predicted octanol–water partition coefficient (Wildman–Crippen LogP) is 3.41. The van der Waals surface area contributed by atoms with Gasteiger partial charge in [0.05, 0.1) is 0 Å². The first-order chi connectivity index (χ1) is 15.6. The van der Waals surface area contributed by atoms with Gasteiger partial charge in [0.25, 0.3) is 0 Å². The highest BCUT2D eigenvalue weighted by atomic mass is 16.1. The summed E-state index contributed by atoms with van der Waals surface area (Å²) in [5.74, 6) is 0.954. The van der Waals surface area contributed by atoms with Crippen LogP contribution in [0.5, 0.6) is 0 Å². The molecule has 0 radical (unpaired) electrons. The zero-order chi connectivity index (χ0) is 22.3. The molecule has 0 spiro atoms. The minimum absolute atomic E-state index is 0.00994. The van der Waals surface area contributed by atoms with Crippen molar-refractivity contribution in [3.63, 3.8) is 0 Å². The smallest absolute Gasteiger partial charge is 0.230 e. The van der Waals surface area contributed by atoms with Crippen LogP contribution >= 0.6 is 0 Å². The summed E-state index contributed by atoms with van der Waals surface area (Å²) in [5.41, 5.74) is 9.53. The summed E-state index contributed by atoms with van der Waals surface area (Å²) < 4.78 is 0. The first-order valence-electron chi connectivity index (χ1n) is 11.0. The molecular formula is C24H29N7O. The van der Waals surface area contributed by atoms with E-state index in [2.05, 4.69) is 49.5 Å². The van der Waals surface area contributed by atoms with E-state index in [0.29, 0.717) is 11.8 Å². The third-order valence-electron chi connectivity index (χ3n) is 5.65. The zero-order valence-electron chi connectivity index (χ0n) is 18.3. The van der Waals surface area contributed by atoms with Crippen molar-refractivity contribution in [2.24, 2.45) is 11.7 Å². The third kappa shape index (κ3) is 5.59. The average Bonchev–Trinajstić information content (AvgIpc) is 2.80. The van der Waals surface area contributed by atoms with Gasteiger partial charge in [0.2, 0.25) is 11.9 Å². The quantitative estimate of drug-likeness (QED) is 0.501. The Morgan fingerprint density at radius 3 is 2.66 bits per heavy atom. The van der Waals surface area contributed by atoms with Crippen LogP contribution in [0.1, 0.15) is 25.3 Å². The number of nitrogens with one attached hydrogen (secondary N) is 2. The maximum atomic E-state index is 11.4. The second kappa shape index (κ2) is 10.2. The Morgan fingerprint density at radius 2 is 1.88 bits per heavy atom. The number of primary amides is 1. The number of aromatic nitrogens is 3. The number of likely N-dealkylation sites (tertiary alicyclic amines) is 1. The van der Waals surface area contributed by atoms with Crippen molar-refractivity contribution in [3.05, 3.63) is 60.4 Å². The van der Waals surface area contributed by atoms with Gasteiger partial charge < -0.3 is 16.4 Å². The molecule has 1 aromatic heterocycles. The number of piperidine rings is 1. The molecule has 1 fully saturated rings. The number of amides is 1. The summed E-state index contributed by atoms with van der Waals surface area (Å²) >= 11 is 0. The maximum absolute atomic E-state index is 11.4. The van der Waals surface area contributed by atoms with Gasteiger partial charge in [-0.15, -0.1) is 0 Å². The Kier molecular flexibility index (Phi) is 6.91. The number of hydrogen-bond donors (Lipinski definition) is 3. The predicted molar refractivity (Wildman–Crippen MR) is 126 cm³/mol. The van der Waals surface area contributed by atoms with Crippen LogP contribution in [-0.2, 0) is 11.3 Å². The summed E-state index contributed by atoms with van der Waals surface area (Å²) in [4.78, 5) is 26.9. The van der Waals surface area contributed by atoms with Gasteiger partial charge in [-0.1, -0.05) is 24.3 Å². The number of anilines is 3. The summed E-state index contributed by atoms with van der Waals surface area (Å²) in [6, 6.07) is 16.3. The molecule has 0 unspecified atom stereocenters. The van der Waals surface area contributed by atoms with Gasteiger partial charge in [-0.25, -0.2) is 9.97 Å². The lowest BCUT2D eigenvalue weighted by atomic mass is 9.96. The molecule has 32 heavy (non-hydrogen) atoms. The van der Waals surface area contributed by atoms with Gasteiger partial charge in [-0.2, -0.15) is 4.98 Å². The topological polar surface area (TPSA) is 109 Å². The number of benzene rings is 2. The lowest BCUT2D eigenvalue weighted by Crippen LogP contribution is -2.38. The van der Waals surface area contributed by atoms with Gasteiger partial charge in [0, 0.05) is 35.9 Å². The average molecular weight is 432 g/mol. The van der Waals surface area contributed by atoms with E-state index < -0.39 is 0 Å². The molecule has 8 heteroatoms. The third-order valence-corrected chi connectivity index (χ3v) is 5.65. The number of nitrogens with two attached hydrogens (primary N) is 1. The number of carbonyl (C=O) groups excluding carboxylic acids is 1. The monoisotopic (exact) mass is 431 g/mol. The Labute approximate surface area is 188 Å². The standard InChI is InChI=1S/C24H29N7O/c1-2-26-20-7-4-6-19(14-20)23-27-16-28-24(30-23)29-21-8-3-5-17(13-21)15-31-11-9-18(10-12-31)22(25)32/h3-8,13-14,16,18,26H,2,9-12,15H2,1H3,(H2,25,32)(H,27,28,29,30). The molecule has 2 heterocycles. The zero-order valence-corrected chi connectivity index (χ0v) is 18.3. The van der Waals surface area contributed by atoms with Crippen molar-refractivity contribution in [1.29, 1.82) is 0 Å². The minimum Gasteiger partial charge on any atom is -0.385 e. The van der Waals surface area contributed by atoms with Gasteiger partial charge in [0.15, 0.2) is 5.82 Å². The highest BCUT2D eigenvalue weighted by molar-refractivity contribution is 5.76. The van der Waals surface area contributed by atoms with Crippen molar-refractivity contribution in [2.75, 3.05) is 30.3 Å². The fraction of sp³-hybridized carbons (Fsp3) is 0.333. The Balaban J connectivity index is 1.42. The number of hydrogen-bond acceptors (Lipinski definition) is 7. The fourth-order valence-corrected chi connectivity index (χ4v) is 3.98. The van der Waals surface area contributed by atoms with Crippen LogP contribution in [0.2, 0.25) is 0 Å². The summed E-state index contributed by atoms with van der Waals surface area (Å²) in [7, 11) is 0. The maximum Gasteiger partial charge on any atom is 0.230 e. The van der Waals surface area contributed by atoms with Crippen LogP contribution in [0.15, 0.2) is 54.9 Å². The summed E-state index contributed by atoms with van der Waals surface area (Å²) in [6.45, 7) is 5.52. The van der Waals surface area contributed by atoms with E-state index in [0.717, 1.165) is 56.0 Å². The molecule has 4 N–H and O–H groups in total. The normalized spacial score (nSPS) is 14.8. The van der Waals surface area contributed by atoms with Crippen molar-refractivity contribution < 1.29 is 4.79 Å². The van der Waals surface area contributed by atoms with Crippen LogP contribution in [0.4, 0.5) is 17.3 Å².